The highest BCUT2D eigenvalue weighted by Gasteiger charge is 2.22. The van der Waals surface area contributed by atoms with Gasteiger partial charge in [0, 0.05) is 17.2 Å². The van der Waals surface area contributed by atoms with Crippen LogP contribution in [-0.4, -0.2) is 56.4 Å². The van der Waals surface area contributed by atoms with E-state index in [9.17, 15) is 9.59 Å². The number of fused-ring (bicyclic) bond motifs is 1. The summed E-state index contributed by atoms with van der Waals surface area (Å²) in [7, 11) is 6.13. The Morgan fingerprint density at radius 1 is 0.689 bits per heavy atom. The van der Waals surface area contributed by atoms with Crippen LogP contribution in [0.1, 0.15) is 17.3 Å². The van der Waals surface area contributed by atoms with Crippen molar-refractivity contribution < 1.29 is 33.3 Å². The monoisotopic (exact) mass is 627 g/mol. The lowest BCUT2D eigenvalue weighted by Gasteiger charge is -2.16. The Hall–Kier alpha value is -5.35. The Labute approximate surface area is 264 Å². The molecule has 0 bridgehead atoms. The molecule has 1 atom stereocenters. The van der Waals surface area contributed by atoms with Crippen LogP contribution in [0.2, 0.25) is 5.02 Å². The Morgan fingerprint density at radius 3 is 1.78 bits per heavy atom. The summed E-state index contributed by atoms with van der Waals surface area (Å²) < 4.78 is 26.7. The molecule has 1 unspecified atom stereocenters. The lowest BCUT2D eigenvalue weighted by Crippen LogP contribution is -2.30. The molecule has 0 saturated carbocycles. The van der Waals surface area contributed by atoms with Gasteiger partial charge in [-0.05, 0) is 79.7 Å². The van der Waals surface area contributed by atoms with Gasteiger partial charge in [-0.1, -0.05) is 11.6 Å². The molecule has 1 heterocycles. The van der Waals surface area contributed by atoms with Crippen LogP contribution < -0.4 is 24.3 Å². The molecule has 0 aliphatic rings. The van der Waals surface area contributed by atoms with E-state index in [2.05, 4.69) is 5.32 Å². The summed E-state index contributed by atoms with van der Waals surface area (Å²) in [5.41, 5.74) is 4.48. The molecule has 5 aromatic rings. The number of hydrogen-bond donors (Lipinski definition) is 1. The summed E-state index contributed by atoms with van der Waals surface area (Å²) in [4.78, 5) is 35.9. The molecule has 11 heteroatoms. The minimum Gasteiger partial charge on any atom is -0.497 e. The average molecular weight is 628 g/mol. The number of nitrogens with zero attached hydrogens (tertiary/aromatic N) is 2. The molecule has 0 radical (unpaired) electrons. The highest BCUT2D eigenvalue weighted by atomic mass is 35.5. The van der Waals surface area contributed by atoms with Crippen LogP contribution in [0, 0.1) is 0 Å². The van der Waals surface area contributed by atoms with Crippen molar-refractivity contribution in [2.75, 3.05) is 33.8 Å². The molecule has 5 rings (SSSR count). The zero-order valence-corrected chi connectivity index (χ0v) is 26.0. The second kappa shape index (κ2) is 13.5. The number of nitrogens with one attached hydrogen (secondary N) is 1. The summed E-state index contributed by atoms with van der Waals surface area (Å²) in [5.74, 6) is 0.863. The molecule has 1 aromatic heterocycles. The van der Waals surface area contributed by atoms with Crippen LogP contribution >= 0.6 is 11.6 Å². The number of hydrogen-bond acceptors (Lipinski definition) is 9. The Balaban J connectivity index is 1.43. The van der Waals surface area contributed by atoms with Crippen molar-refractivity contribution in [2.24, 2.45) is 0 Å². The number of esters is 1. The van der Waals surface area contributed by atoms with Crippen LogP contribution in [0.25, 0.3) is 33.5 Å². The van der Waals surface area contributed by atoms with Gasteiger partial charge in [-0.3, -0.25) is 4.79 Å². The summed E-state index contributed by atoms with van der Waals surface area (Å²) >= 11 is 6.22. The Kier molecular flexibility index (Phi) is 9.34. The van der Waals surface area contributed by atoms with Gasteiger partial charge >= 0.3 is 5.97 Å². The van der Waals surface area contributed by atoms with Gasteiger partial charge in [-0.2, -0.15) is 0 Å². The van der Waals surface area contributed by atoms with Crippen molar-refractivity contribution in [3.63, 3.8) is 0 Å². The smallest absolute Gasteiger partial charge is 0.338 e. The molecule has 1 N–H and O–H groups in total. The number of methoxy groups -OCH3 is 4. The molecule has 1 amide bonds. The average Bonchev–Trinajstić information content (AvgIpc) is 3.07. The number of amides is 1. The number of anilines is 1. The fourth-order valence-corrected chi connectivity index (χ4v) is 4.80. The van der Waals surface area contributed by atoms with Crippen molar-refractivity contribution >= 4 is 40.2 Å². The minimum atomic E-state index is -1.14. The van der Waals surface area contributed by atoms with Crippen molar-refractivity contribution in [1.29, 1.82) is 0 Å². The third-order valence-electron chi connectivity index (χ3n) is 7.01. The molecule has 0 saturated heterocycles. The molecule has 4 aromatic carbocycles. The van der Waals surface area contributed by atoms with Gasteiger partial charge in [0.2, 0.25) is 0 Å². The van der Waals surface area contributed by atoms with Crippen LogP contribution in [-0.2, 0) is 9.53 Å². The van der Waals surface area contributed by atoms with E-state index in [0.717, 1.165) is 16.9 Å². The van der Waals surface area contributed by atoms with E-state index in [1.54, 1.807) is 38.5 Å². The van der Waals surface area contributed by atoms with Crippen LogP contribution in [0.4, 0.5) is 5.69 Å². The van der Waals surface area contributed by atoms with E-state index in [-0.39, 0.29) is 10.6 Å². The lowest BCUT2D eigenvalue weighted by atomic mass is 10.0. The van der Waals surface area contributed by atoms with E-state index in [1.807, 2.05) is 48.5 Å². The molecule has 10 nitrogen and oxygen atoms in total. The summed E-state index contributed by atoms with van der Waals surface area (Å²) in [6, 6.07) is 22.9. The number of aromatic nitrogens is 2. The lowest BCUT2D eigenvalue weighted by molar-refractivity contribution is -0.123. The third-order valence-corrected chi connectivity index (χ3v) is 7.31. The topological polar surface area (TPSA) is 118 Å². The van der Waals surface area contributed by atoms with Gasteiger partial charge in [0.1, 0.15) is 23.0 Å². The molecule has 0 spiro atoms. The number of ether oxygens (including phenoxy) is 5. The highest BCUT2D eigenvalue weighted by Crippen LogP contribution is 2.36. The van der Waals surface area contributed by atoms with Gasteiger partial charge in [0.05, 0.1) is 67.1 Å². The molecule has 230 valence electrons. The predicted octanol–water partition coefficient (Wildman–Crippen LogP) is 6.84. The Bertz CT molecular complexity index is 1860. The molecular weight excluding hydrogens is 598 g/mol. The van der Waals surface area contributed by atoms with Crippen LogP contribution in [0.3, 0.4) is 0 Å². The quantitative estimate of drug-likeness (QED) is 0.166. The van der Waals surface area contributed by atoms with E-state index >= 15 is 0 Å². The maximum Gasteiger partial charge on any atom is 0.338 e. The second-order valence-corrected chi connectivity index (χ2v) is 10.2. The Morgan fingerprint density at radius 2 is 1.24 bits per heavy atom. The number of carbonyl (C=O) groups is 2. The van der Waals surface area contributed by atoms with Crippen molar-refractivity contribution in [2.45, 2.75) is 13.0 Å². The van der Waals surface area contributed by atoms with Crippen molar-refractivity contribution in [1.82, 2.24) is 9.97 Å². The van der Waals surface area contributed by atoms with E-state index in [0.29, 0.717) is 45.4 Å². The zero-order chi connectivity index (χ0) is 32.1. The summed E-state index contributed by atoms with van der Waals surface area (Å²) in [6.07, 6.45) is -1.14. The first-order valence-electron chi connectivity index (χ1n) is 13.8. The minimum absolute atomic E-state index is 0.208. The first-order valence-corrected chi connectivity index (χ1v) is 14.2. The van der Waals surface area contributed by atoms with Gasteiger partial charge in [-0.25, -0.2) is 14.8 Å². The number of benzene rings is 4. The second-order valence-electron chi connectivity index (χ2n) is 9.81. The maximum atomic E-state index is 13.2. The molecule has 0 fully saturated rings. The SMILES string of the molecule is COc1ccc(-c2nc3ccc(C(=O)OC(C)C(=O)Nc4cc(Cl)c(OC)cc4OC)cc3nc2-c2ccc(OC)cc2)cc1. The number of rotatable bonds is 10. The van der Waals surface area contributed by atoms with Gasteiger partial charge in [-0.15, -0.1) is 0 Å². The van der Waals surface area contributed by atoms with Crippen molar-refractivity contribution in [3.05, 3.63) is 89.4 Å². The predicted molar refractivity (Wildman–Crippen MR) is 172 cm³/mol. The van der Waals surface area contributed by atoms with Crippen LogP contribution in [0.5, 0.6) is 23.0 Å². The van der Waals surface area contributed by atoms with E-state index < -0.39 is 18.0 Å². The number of carbonyl (C=O) groups excluding carboxylic acids is 2. The summed E-state index contributed by atoms with van der Waals surface area (Å²) in [5, 5.41) is 2.96. The fraction of sp³-hybridized carbons (Fsp3) is 0.176. The molecule has 0 aliphatic heterocycles. The first-order chi connectivity index (χ1) is 21.7. The molecule has 45 heavy (non-hydrogen) atoms. The maximum absolute atomic E-state index is 13.2. The standard InChI is InChI=1S/C34H30ClN3O7/c1-19(33(39)38-28-17-25(35)29(43-4)18-30(28)44-5)45-34(40)22-10-15-26-27(16-22)37-32(21-8-13-24(42-3)14-9-21)31(36-26)20-6-11-23(41-2)12-7-20/h6-19H,1-5H3,(H,38,39). The largest absolute Gasteiger partial charge is 0.497 e. The molecule has 0 aliphatic carbocycles. The summed E-state index contributed by atoms with van der Waals surface area (Å²) in [6.45, 7) is 1.47. The first kappa shape index (κ1) is 31.1. The van der Waals surface area contributed by atoms with Crippen LogP contribution in [0.15, 0.2) is 78.9 Å². The molecular formula is C34H30ClN3O7. The number of halogens is 1. The third kappa shape index (κ3) is 6.76. The van der Waals surface area contributed by atoms with Crippen molar-refractivity contribution in [3.8, 4) is 45.5 Å². The van der Waals surface area contributed by atoms with E-state index in [1.165, 1.54) is 27.2 Å². The van der Waals surface area contributed by atoms with Gasteiger partial charge in [0.25, 0.3) is 5.91 Å². The normalized spacial score (nSPS) is 11.4. The zero-order valence-electron chi connectivity index (χ0n) is 25.2. The fourth-order valence-electron chi connectivity index (χ4n) is 4.56. The van der Waals surface area contributed by atoms with E-state index in [4.69, 9.17) is 45.3 Å². The van der Waals surface area contributed by atoms with Gasteiger partial charge < -0.3 is 29.0 Å². The highest BCUT2D eigenvalue weighted by molar-refractivity contribution is 6.32. The van der Waals surface area contributed by atoms with Gasteiger partial charge in [0.15, 0.2) is 6.10 Å².